The summed E-state index contributed by atoms with van der Waals surface area (Å²) < 4.78 is 3.90. The first-order valence-electron chi connectivity index (χ1n) is 2.25. The molecule has 6 heteroatoms. The van der Waals surface area contributed by atoms with Gasteiger partial charge in [-0.15, -0.1) is 0 Å². The number of carbonyl (C=O) groups is 2. The van der Waals surface area contributed by atoms with Crippen molar-refractivity contribution in [3.63, 3.8) is 0 Å². The summed E-state index contributed by atoms with van der Waals surface area (Å²) in [6.45, 7) is -1.16. The average molecular weight is 188 g/mol. The molecule has 0 aliphatic heterocycles. The van der Waals surface area contributed by atoms with Crippen LogP contribution in [0.1, 0.15) is 0 Å². The molecule has 0 aromatic heterocycles. The minimum atomic E-state index is -0.981. The minimum Gasteiger partial charge on any atom is -0.390 e. The van der Waals surface area contributed by atoms with E-state index in [2.05, 4.69) is 4.74 Å². The summed E-state index contributed by atoms with van der Waals surface area (Å²) in [5.41, 5.74) is 4.77. The standard InChI is InChI=1S/C4H7NO4.Mn/c5-1-3(7)9-4(8)2-6;/h6H,1-2,5H2;. The molecule has 0 fully saturated rings. The zero-order valence-electron chi connectivity index (χ0n) is 5.04. The Bertz CT molecular complexity index is 112. The van der Waals surface area contributed by atoms with Crippen LogP contribution in [0.15, 0.2) is 0 Å². The number of carbonyl (C=O) groups excluding carboxylic acids is 2. The molecule has 0 rings (SSSR count). The smallest absolute Gasteiger partial charge is 0.339 e. The predicted octanol–water partition coefficient (Wildman–Crippen LogP) is -2.00. The summed E-state index contributed by atoms with van der Waals surface area (Å²) in [5, 5.41) is 8.01. The molecule has 1 radical (unpaired) electrons. The van der Waals surface area contributed by atoms with Gasteiger partial charge < -0.3 is 15.6 Å². The number of hydrogen-bond donors (Lipinski definition) is 2. The molecule has 59 valence electrons. The normalized spacial score (nSPS) is 7.80. The summed E-state index contributed by atoms with van der Waals surface area (Å²) in [7, 11) is 0. The monoisotopic (exact) mass is 188 g/mol. The van der Waals surface area contributed by atoms with Gasteiger partial charge in [-0.25, -0.2) is 4.79 Å². The molecular weight excluding hydrogens is 181 g/mol. The summed E-state index contributed by atoms with van der Waals surface area (Å²) in [6.07, 6.45) is 0. The second-order valence-corrected chi connectivity index (χ2v) is 1.21. The van der Waals surface area contributed by atoms with Crippen LogP contribution in [0.2, 0.25) is 0 Å². The molecule has 0 saturated heterocycles. The van der Waals surface area contributed by atoms with Gasteiger partial charge in [0.1, 0.15) is 6.61 Å². The van der Waals surface area contributed by atoms with Crippen LogP contribution in [-0.2, 0) is 31.4 Å². The van der Waals surface area contributed by atoms with Crippen molar-refractivity contribution in [3.05, 3.63) is 0 Å². The van der Waals surface area contributed by atoms with Crippen LogP contribution >= 0.6 is 0 Å². The van der Waals surface area contributed by atoms with Crippen molar-refractivity contribution >= 4 is 11.9 Å². The fourth-order valence-corrected chi connectivity index (χ4v) is 0.201. The Morgan fingerprint density at radius 2 is 1.90 bits per heavy atom. The van der Waals surface area contributed by atoms with E-state index < -0.39 is 18.5 Å². The second kappa shape index (κ2) is 6.70. The van der Waals surface area contributed by atoms with Crippen molar-refractivity contribution in [1.82, 2.24) is 0 Å². The molecule has 0 bridgehead atoms. The number of rotatable bonds is 2. The first-order valence-corrected chi connectivity index (χ1v) is 2.25. The molecule has 3 N–H and O–H groups in total. The third-order valence-electron chi connectivity index (χ3n) is 0.523. The van der Waals surface area contributed by atoms with E-state index in [1.165, 1.54) is 0 Å². The average Bonchev–Trinajstić information content (AvgIpc) is 1.87. The van der Waals surface area contributed by atoms with Crippen LogP contribution in [0.25, 0.3) is 0 Å². The van der Waals surface area contributed by atoms with Crippen LogP contribution in [0.5, 0.6) is 0 Å². The van der Waals surface area contributed by atoms with Gasteiger partial charge in [0.05, 0.1) is 6.54 Å². The van der Waals surface area contributed by atoms with E-state index in [9.17, 15) is 9.59 Å². The van der Waals surface area contributed by atoms with Gasteiger partial charge in [0.2, 0.25) is 0 Å². The van der Waals surface area contributed by atoms with E-state index in [0.717, 1.165) is 0 Å². The Morgan fingerprint density at radius 1 is 1.40 bits per heavy atom. The summed E-state index contributed by atoms with van der Waals surface area (Å²) in [6, 6.07) is 0. The number of aliphatic hydroxyl groups is 1. The summed E-state index contributed by atoms with van der Waals surface area (Å²) in [4.78, 5) is 20.1. The topological polar surface area (TPSA) is 89.6 Å². The molecule has 0 unspecified atom stereocenters. The maximum absolute atomic E-state index is 10.1. The van der Waals surface area contributed by atoms with Gasteiger partial charge in [0, 0.05) is 17.1 Å². The molecule has 0 saturated carbocycles. The molecule has 0 atom stereocenters. The van der Waals surface area contributed by atoms with Crippen LogP contribution in [0, 0.1) is 0 Å². The van der Waals surface area contributed by atoms with Crippen LogP contribution < -0.4 is 5.73 Å². The Kier molecular flexibility index (Phi) is 8.22. The van der Waals surface area contributed by atoms with Crippen LogP contribution in [0.3, 0.4) is 0 Å². The van der Waals surface area contributed by atoms with Crippen molar-refractivity contribution in [2.45, 2.75) is 0 Å². The predicted molar refractivity (Wildman–Crippen MR) is 27.2 cm³/mol. The molecule has 0 aromatic carbocycles. The van der Waals surface area contributed by atoms with Gasteiger partial charge in [-0.3, -0.25) is 4.79 Å². The summed E-state index contributed by atoms with van der Waals surface area (Å²) in [5.74, 6) is -1.82. The third-order valence-corrected chi connectivity index (χ3v) is 0.523. The van der Waals surface area contributed by atoms with Crippen molar-refractivity contribution in [2.24, 2.45) is 5.73 Å². The van der Waals surface area contributed by atoms with Gasteiger partial charge in [-0.2, -0.15) is 0 Å². The largest absolute Gasteiger partial charge is 0.390 e. The number of hydrogen-bond acceptors (Lipinski definition) is 5. The fourth-order valence-electron chi connectivity index (χ4n) is 0.201. The first kappa shape index (κ1) is 12.3. The molecule has 0 aromatic rings. The minimum absolute atomic E-state index is 0. The first-order chi connectivity index (χ1) is 4.20. The Balaban J connectivity index is 0. The Labute approximate surface area is 68.0 Å². The number of ether oxygens (including phenoxy) is 1. The summed E-state index contributed by atoms with van der Waals surface area (Å²) >= 11 is 0. The second-order valence-electron chi connectivity index (χ2n) is 1.21. The molecule has 0 amide bonds. The third kappa shape index (κ3) is 5.71. The number of aliphatic hydroxyl groups excluding tert-OH is 1. The molecule has 0 aliphatic carbocycles. The van der Waals surface area contributed by atoms with Gasteiger partial charge in [-0.1, -0.05) is 0 Å². The van der Waals surface area contributed by atoms with E-state index in [-0.39, 0.29) is 23.6 Å². The Morgan fingerprint density at radius 3 is 2.20 bits per heavy atom. The van der Waals surface area contributed by atoms with Crippen molar-refractivity contribution < 1.29 is 36.5 Å². The van der Waals surface area contributed by atoms with E-state index in [4.69, 9.17) is 10.8 Å². The van der Waals surface area contributed by atoms with Gasteiger partial charge in [0.15, 0.2) is 0 Å². The van der Waals surface area contributed by atoms with Crippen LogP contribution in [-0.4, -0.2) is 30.2 Å². The van der Waals surface area contributed by atoms with Gasteiger partial charge >= 0.3 is 11.9 Å². The van der Waals surface area contributed by atoms with E-state index in [1.807, 2.05) is 0 Å². The Hall–Kier alpha value is -0.421. The molecule has 0 heterocycles. The van der Waals surface area contributed by atoms with E-state index in [0.29, 0.717) is 0 Å². The molecule has 0 aliphatic rings. The van der Waals surface area contributed by atoms with Gasteiger partial charge in [0.25, 0.3) is 0 Å². The molecule has 10 heavy (non-hydrogen) atoms. The maximum Gasteiger partial charge on any atom is 0.339 e. The van der Waals surface area contributed by atoms with E-state index in [1.54, 1.807) is 0 Å². The SMILES string of the molecule is NCC(=O)OC(=O)CO.[Mn]. The molecular formula is C4H7MnNO4. The van der Waals surface area contributed by atoms with Crippen LogP contribution in [0.4, 0.5) is 0 Å². The molecule has 5 nitrogen and oxygen atoms in total. The number of esters is 2. The van der Waals surface area contributed by atoms with Crippen molar-refractivity contribution in [3.8, 4) is 0 Å². The molecule has 0 spiro atoms. The zero-order chi connectivity index (χ0) is 7.28. The maximum atomic E-state index is 10.1. The van der Waals surface area contributed by atoms with E-state index >= 15 is 0 Å². The quantitative estimate of drug-likeness (QED) is 0.297. The zero-order valence-corrected chi connectivity index (χ0v) is 6.22. The van der Waals surface area contributed by atoms with Crippen molar-refractivity contribution in [2.75, 3.05) is 13.2 Å². The number of nitrogens with two attached hydrogens (primary N) is 1. The van der Waals surface area contributed by atoms with Gasteiger partial charge in [-0.05, 0) is 0 Å². The fraction of sp³-hybridized carbons (Fsp3) is 0.500. The van der Waals surface area contributed by atoms with Crippen molar-refractivity contribution in [1.29, 1.82) is 0 Å².